The topological polar surface area (TPSA) is 84.9 Å². The Balaban J connectivity index is 1.57. The number of benzene rings is 1. The van der Waals surface area contributed by atoms with Crippen LogP contribution in [0.5, 0.6) is 0 Å². The lowest BCUT2D eigenvalue weighted by Crippen LogP contribution is -2.36. The second-order valence-corrected chi connectivity index (χ2v) is 7.68. The van der Waals surface area contributed by atoms with Crippen molar-refractivity contribution in [3.05, 3.63) is 30.3 Å². The van der Waals surface area contributed by atoms with Gasteiger partial charge in [0.1, 0.15) is 0 Å². The fourth-order valence-corrected chi connectivity index (χ4v) is 3.89. The van der Waals surface area contributed by atoms with Gasteiger partial charge in [0.05, 0.1) is 11.7 Å². The first-order chi connectivity index (χ1) is 12.5. The Bertz CT molecular complexity index is 777. The largest absolute Gasteiger partial charge is 0.451 e. The molecule has 0 aliphatic carbocycles. The fraction of sp³-hybridized carbons (Fsp3) is 0.474. The number of unbranched alkanes of at least 4 members (excludes halogenated alkanes) is 1. The minimum Gasteiger partial charge on any atom is -0.451 e. The van der Waals surface area contributed by atoms with E-state index in [1.54, 1.807) is 6.92 Å². The quantitative estimate of drug-likeness (QED) is 0.562. The number of rotatable bonds is 8. The minimum absolute atomic E-state index is 0.0964. The number of nitrogens with one attached hydrogen (secondary N) is 1. The molecule has 6 nitrogen and oxygen atoms in total. The molecule has 7 heteroatoms. The third-order valence-electron chi connectivity index (χ3n) is 4.64. The SMILES string of the molecule is CCCCC1CC(C)(C(=O)CSc2n[nH]c(-c3ccccc3)n2)OC1=O. The highest BCUT2D eigenvalue weighted by Gasteiger charge is 2.47. The molecular weight excluding hydrogens is 350 g/mol. The zero-order valence-electron chi connectivity index (χ0n) is 15.0. The van der Waals surface area contributed by atoms with Crippen molar-refractivity contribution in [3.8, 4) is 11.4 Å². The van der Waals surface area contributed by atoms with Crippen molar-refractivity contribution in [1.82, 2.24) is 15.2 Å². The first kappa shape index (κ1) is 18.6. The number of H-pyrrole nitrogens is 1. The van der Waals surface area contributed by atoms with Gasteiger partial charge in [0.2, 0.25) is 5.16 Å². The molecule has 2 heterocycles. The Morgan fingerprint density at radius 2 is 2.15 bits per heavy atom. The van der Waals surface area contributed by atoms with Gasteiger partial charge >= 0.3 is 5.97 Å². The minimum atomic E-state index is -1.03. The van der Waals surface area contributed by atoms with E-state index in [9.17, 15) is 9.59 Å². The smallest absolute Gasteiger partial charge is 0.310 e. The van der Waals surface area contributed by atoms with Gasteiger partial charge in [0, 0.05) is 12.0 Å². The van der Waals surface area contributed by atoms with Crippen molar-refractivity contribution in [2.45, 2.75) is 50.3 Å². The molecule has 2 atom stereocenters. The predicted molar refractivity (Wildman–Crippen MR) is 99.7 cm³/mol. The van der Waals surface area contributed by atoms with E-state index in [1.807, 2.05) is 30.3 Å². The fourth-order valence-electron chi connectivity index (χ4n) is 3.06. The number of thioether (sulfide) groups is 1. The molecule has 3 rings (SSSR count). The van der Waals surface area contributed by atoms with Crippen molar-refractivity contribution >= 4 is 23.5 Å². The van der Waals surface area contributed by atoms with E-state index in [0.29, 0.717) is 17.4 Å². The Morgan fingerprint density at radius 3 is 2.88 bits per heavy atom. The second-order valence-electron chi connectivity index (χ2n) is 6.74. The maximum atomic E-state index is 12.6. The Hall–Kier alpha value is -2.15. The molecule has 1 saturated heterocycles. The van der Waals surface area contributed by atoms with Crippen LogP contribution in [0.25, 0.3) is 11.4 Å². The zero-order chi connectivity index (χ0) is 18.6. The average Bonchev–Trinajstić information content (AvgIpc) is 3.23. The van der Waals surface area contributed by atoms with Crippen molar-refractivity contribution in [2.75, 3.05) is 5.75 Å². The number of carbonyl (C=O) groups is 2. The van der Waals surface area contributed by atoms with Crippen LogP contribution in [0.2, 0.25) is 0 Å². The van der Waals surface area contributed by atoms with Gasteiger partial charge in [-0.15, -0.1) is 5.10 Å². The van der Waals surface area contributed by atoms with Gasteiger partial charge in [0.15, 0.2) is 17.2 Å². The molecule has 26 heavy (non-hydrogen) atoms. The van der Waals surface area contributed by atoms with Gasteiger partial charge in [-0.05, 0) is 13.3 Å². The Kier molecular flexibility index (Phi) is 5.76. The molecule has 1 aliphatic heterocycles. The summed E-state index contributed by atoms with van der Waals surface area (Å²) in [6.45, 7) is 3.80. The first-order valence-electron chi connectivity index (χ1n) is 8.88. The second kappa shape index (κ2) is 8.03. The van der Waals surface area contributed by atoms with E-state index in [2.05, 4.69) is 22.1 Å². The highest BCUT2D eigenvalue weighted by molar-refractivity contribution is 7.99. The number of ketones is 1. The summed E-state index contributed by atoms with van der Waals surface area (Å²) in [5, 5.41) is 7.54. The summed E-state index contributed by atoms with van der Waals surface area (Å²) in [6.07, 6.45) is 3.25. The molecule has 0 radical (unpaired) electrons. The van der Waals surface area contributed by atoms with E-state index in [-0.39, 0.29) is 23.4 Å². The number of carbonyl (C=O) groups excluding carboxylic acids is 2. The van der Waals surface area contributed by atoms with Gasteiger partial charge in [-0.1, -0.05) is 61.9 Å². The number of Topliss-reactive ketones (excluding diaryl/α,β-unsaturated/α-hetero) is 1. The summed E-state index contributed by atoms with van der Waals surface area (Å²) >= 11 is 1.26. The van der Waals surface area contributed by atoms with E-state index in [1.165, 1.54) is 11.8 Å². The van der Waals surface area contributed by atoms with Crippen molar-refractivity contribution < 1.29 is 14.3 Å². The number of ether oxygens (including phenoxy) is 1. The average molecular weight is 373 g/mol. The molecule has 138 valence electrons. The van der Waals surface area contributed by atoms with Crippen LogP contribution in [0.4, 0.5) is 0 Å². The summed E-state index contributed by atoms with van der Waals surface area (Å²) in [5.74, 6) is 0.335. The third kappa shape index (κ3) is 4.15. The van der Waals surface area contributed by atoms with Crippen LogP contribution in [-0.4, -0.2) is 38.3 Å². The number of hydrogen-bond donors (Lipinski definition) is 1. The highest BCUT2D eigenvalue weighted by Crippen LogP contribution is 2.35. The standard InChI is InChI=1S/C19H23N3O3S/c1-3-4-8-14-11-19(2,25-17(14)24)15(23)12-26-18-20-16(21-22-18)13-9-6-5-7-10-13/h5-7,9-10,14H,3-4,8,11-12H2,1-2H3,(H,20,21,22). The Morgan fingerprint density at radius 1 is 1.38 bits per heavy atom. The molecule has 0 saturated carbocycles. The van der Waals surface area contributed by atoms with E-state index >= 15 is 0 Å². The lowest BCUT2D eigenvalue weighted by atomic mass is 9.90. The van der Waals surface area contributed by atoms with Crippen LogP contribution in [0.1, 0.15) is 39.5 Å². The molecule has 0 spiro atoms. The lowest BCUT2D eigenvalue weighted by molar-refractivity contribution is -0.156. The molecule has 1 aromatic heterocycles. The summed E-state index contributed by atoms with van der Waals surface area (Å²) < 4.78 is 5.43. The van der Waals surface area contributed by atoms with Crippen molar-refractivity contribution in [3.63, 3.8) is 0 Å². The van der Waals surface area contributed by atoms with Crippen LogP contribution >= 0.6 is 11.8 Å². The van der Waals surface area contributed by atoms with Crippen LogP contribution in [0.3, 0.4) is 0 Å². The Labute approximate surface area is 157 Å². The molecule has 1 fully saturated rings. The highest BCUT2D eigenvalue weighted by atomic mass is 32.2. The molecule has 1 aromatic carbocycles. The number of cyclic esters (lactones) is 1. The van der Waals surface area contributed by atoms with Crippen LogP contribution < -0.4 is 0 Å². The summed E-state index contributed by atoms with van der Waals surface area (Å²) in [5.41, 5.74) is -0.0882. The lowest BCUT2D eigenvalue weighted by Gasteiger charge is -2.20. The monoisotopic (exact) mass is 373 g/mol. The van der Waals surface area contributed by atoms with Gasteiger partial charge < -0.3 is 4.74 Å². The van der Waals surface area contributed by atoms with E-state index in [0.717, 1.165) is 24.8 Å². The van der Waals surface area contributed by atoms with Crippen LogP contribution in [-0.2, 0) is 14.3 Å². The van der Waals surface area contributed by atoms with Gasteiger partial charge in [-0.3, -0.25) is 14.7 Å². The van der Waals surface area contributed by atoms with Crippen LogP contribution in [0.15, 0.2) is 35.5 Å². The maximum Gasteiger partial charge on any atom is 0.310 e. The predicted octanol–water partition coefficient (Wildman–Crippen LogP) is 3.64. The number of esters is 1. The van der Waals surface area contributed by atoms with Gasteiger partial charge in [0.25, 0.3) is 0 Å². The molecule has 1 aliphatic rings. The maximum absolute atomic E-state index is 12.6. The molecular formula is C19H23N3O3S. The van der Waals surface area contributed by atoms with Crippen LogP contribution in [0, 0.1) is 5.92 Å². The number of hydrogen-bond acceptors (Lipinski definition) is 6. The first-order valence-corrected chi connectivity index (χ1v) is 9.87. The van der Waals surface area contributed by atoms with Crippen molar-refractivity contribution in [1.29, 1.82) is 0 Å². The number of aromatic nitrogens is 3. The van der Waals surface area contributed by atoms with E-state index < -0.39 is 5.60 Å². The van der Waals surface area contributed by atoms with Gasteiger partial charge in [-0.2, -0.15) is 0 Å². The zero-order valence-corrected chi connectivity index (χ0v) is 15.8. The molecule has 0 bridgehead atoms. The normalized spacial score (nSPS) is 22.4. The summed E-state index contributed by atoms with van der Waals surface area (Å²) in [7, 11) is 0. The van der Waals surface area contributed by atoms with Gasteiger partial charge in [-0.25, -0.2) is 4.98 Å². The molecule has 2 unspecified atom stereocenters. The van der Waals surface area contributed by atoms with Crippen molar-refractivity contribution in [2.24, 2.45) is 5.92 Å². The number of aromatic amines is 1. The number of nitrogens with zero attached hydrogens (tertiary/aromatic N) is 2. The molecule has 2 aromatic rings. The molecule has 0 amide bonds. The summed E-state index contributed by atoms with van der Waals surface area (Å²) in [6, 6.07) is 9.67. The third-order valence-corrected chi connectivity index (χ3v) is 5.48. The molecule has 1 N–H and O–H groups in total. The summed E-state index contributed by atoms with van der Waals surface area (Å²) in [4.78, 5) is 29.1. The van der Waals surface area contributed by atoms with E-state index in [4.69, 9.17) is 4.74 Å².